The molecule has 2 aromatic carbocycles. The topological polar surface area (TPSA) is 23.6 Å². The van der Waals surface area contributed by atoms with Gasteiger partial charge in [0.15, 0.2) is 0 Å². The molecule has 178 valence electrons. The fourth-order valence-electron chi connectivity index (χ4n) is 4.56. The van der Waals surface area contributed by atoms with E-state index in [0.717, 1.165) is 29.8 Å². The van der Waals surface area contributed by atoms with E-state index in [2.05, 4.69) is 0 Å². The van der Waals surface area contributed by atoms with E-state index in [1.165, 1.54) is 6.07 Å². The first-order valence-electron chi connectivity index (χ1n) is 10.7. The number of anilines is 1. The zero-order chi connectivity index (χ0) is 24.1. The van der Waals surface area contributed by atoms with Gasteiger partial charge in [-0.2, -0.15) is 26.3 Å². The summed E-state index contributed by atoms with van der Waals surface area (Å²) < 4.78 is 78.7. The maximum atomic E-state index is 13.1. The highest BCUT2D eigenvalue weighted by Gasteiger charge is 2.47. The molecule has 9 heteroatoms. The summed E-state index contributed by atoms with van der Waals surface area (Å²) in [5.74, 6) is -0.688. The summed E-state index contributed by atoms with van der Waals surface area (Å²) in [5, 5.41) is 0. The number of hydrogen-bond acceptors (Lipinski definition) is 2. The van der Waals surface area contributed by atoms with Gasteiger partial charge in [-0.3, -0.25) is 4.79 Å². The smallest absolute Gasteiger partial charge is 0.368 e. The molecule has 1 saturated carbocycles. The van der Waals surface area contributed by atoms with Crippen LogP contribution in [-0.2, 0) is 17.1 Å². The van der Waals surface area contributed by atoms with E-state index in [1.54, 1.807) is 24.8 Å². The van der Waals surface area contributed by atoms with Crippen LogP contribution in [0.25, 0.3) is 0 Å². The Bertz CT molecular complexity index is 1050. The summed E-state index contributed by atoms with van der Waals surface area (Å²) in [4.78, 5) is 16.5. The van der Waals surface area contributed by atoms with Crippen molar-refractivity contribution >= 4 is 11.6 Å². The highest BCUT2D eigenvalue weighted by molar-refractivity contribution is 5.83. The monoisotopic (exact) mass is 470 g/mol. The maximum absolute atomic E-state index is 13.1. The van der Waals surface area contributed by atoms with Gasteiger partial charge >= 0.3 is 12.4 Å². The highest BCUT2D eigenvalue weighted by Crippen LogP contribution is 2.49. The zero-order valence-electron chi connectivity index (χ0n) is 18.2. The van der Waals surface area contributed by atoms with Gasteiger partial charge in [-0.25, -0.2) is 0 Å². The van der Waals surface area contributed by atoms with Crippen LogP contribution >= 0.6 is 0 Å². The standard InChI is InChI=1S/C24H24F6N2O/c1-14-9-16(11-18(10-14)24(28,29)30)19-13-20(19)22(33)32-7-5-31(6-8-32)21-12-17(23(25,26)27)4-3-15(21)2/h3-4,9-12,19-20H,5-8,13H2,1-2H3/t19-,20?/m0/s1. The van der Waals surface area contributed by atoms with Crippen LogP contribution in [0.15, 0.2) is 36.4 Å². The van der Waals surface area contributed by atoms with Gasteiger partial charge in [-0.05, 0) is 61.6 Å². The predicted octanol–water partition coefficient (Wildman–Crippen LogP) is 5.79. The van der Waals surface area contributed by atoms with Gasteiger partial charge in [0.05, 0.1) is 11.1 Å². The predicted molar refractivity (Wildman–Crippen MR) is 112 cm³/mol. The van der Waals surface area contributed by atoms with Crippen LogP contribution in [0.2, 0.25) is 0 Å². The minimum absolute atomic E-state index is 0.101. The summed E-state index contributed by atoms with van der Waals surface area (Å²) >= 11 is 0. The number of hydrogen-bond donors (Lipinski definition) is 0. The molecule has 2 aromatic rings. The third-order valence-corrected chi connectivity index (χ3v) is 6.43. The van der Waals surface area contributed by atoms with Crippen molar-refractivity contribution in [3.05, 3.63) is 64.2 Å². The number of nitrogens with zero attached hydrogens (tertiary/aromatic N) is 2. The molecule has 1 amide bonds. The van der Waals surface area contributed by atoms with Gasteiger partial charge in [-0.15, -0.1) is 0 Å². The fraction of sp³-hybridized carbons (Fsp3) is 0.458. The first-order valence-corrected chi connectivity index (χ1v) is 10.7. The molecule has 0 N–H and O–H groups in total. The minimum Gasteiger partial charge on any atom is -0.368 e. The van der Waals surface area contributed by atoms with Crippen molar-refractivity contribution in [2.75, 3.05) is 31.1 Å². The Kier molecular flexibility index (Phi) is 5.87. The van der Waals surface area contributed by atoms with Gasteiger partial charge < -0.3 is 9.80 Å². The van der Waals surface area contributed by atoms with E-state index in [-0.39, 0.29) is 17.7 Å². The average Bonchev–Trinajstić information content (AvgIpc) is 3.53. The van der Waals surface area contributed by atoms with E-state index in [4.69, 9.17) is 0 Å². The Labute approximate surface area is 188 Å². The van der Waals surface area contributed by atoms with Crippen molar-refractivity contribution in [3.8, 4) is 0 Å². The Morgan fingerprint density at radius 3 is 2.09 bits per heavy atom. The van der Waals surface area contributed by atoms with Crippen molar-refractivity contribution in [1.29, 1.82) is 0 Å². The minimum atomic E-state index is -4.44. The second-order valence-corrected chi connectivity index (χ2v) is 8.89. The third kappa shape index (κ3) is 4.96. The summed E-state index contributed by atoms with van der Waals surface area (Å²) in [6, 6.07) is 7.56. The van der Waals surface area contributed by atoms with Gasteiger partial charge in [0, 0.05) is 37.8 Å². The molecule has 0 bridgehead atoms. The van der Waals surface area contributed by atoms with Gasteiger partial charge in [0.2, 0.25) is 5.91 Å². The lowest BCUT2D eigenvalue weighted by Gasteiger charge is -2.37. The number of piperazine rings is 1. The van der Waals surface area contributed by atoms with E-state index < -0.39 is 23.5 Å². The second-order valence-electron chi connectivity index (χ2n) is 8.89. The summed E-state index contributed by atoms with van der Waals surface area (Å²) in [5.41, 5.74) is 0.840. The SMILES string of the molecule is Cc1cc([C@@H]2CC2C(=O)N2CCN(c3cc(C(F)(F)F)ccc3C)CC2)cc(C(F)(F)F)c1. The van der Waals surface area contributed by atoms with E-state index in [9.17, 15) is 31.1 Å². The van der Waals surface area contributed by atoms with E-state index in [1.807, 2.05) is 4.90 Å². The molecule has 1 aliphatic heterocycles. The molecule has 1 saturated heterocycles. The van der Waals surface area contributed by atoms with Gasteiger partial charge in [0.25, 0.3) is 0 Å². The molecule has 2 fully saturated rings. The Morgan fingerprint density at radius 2 is 1.48 bits per heavy atom. The van der Waals surface area contributed by atoms with Crippen molar-refractivity contribution in [3.63, 3.8) is 0 Å². The fourth-order valence-corrected chi connectivity index (χ4v) is 4.56. The lowest BCUT2D eigenvalue weighted by molar-refractivity contribution is -0.138. The lowest BCUT2D eigenvalue weighted by Crippen LogP contribution is -2.49. The molecule has 0 aromatic heterocycles. The van der Waals surface area contributed by atoms with Crippen molar-refractivity contribution < 1.29 is 31.1 Å². The number of rotatable bonds is 3. The molecule has 3 nitrogen and oxygen atoms in total. The average molecular weight is 470 g/mol. The highest BCUT2D eigenvalue weighted by atomic mass is 19.4. The van der Waals surface area contributed by atoms with Crippen molar-refractivity contribution in [2.45, 2.75) is 38.5 Å². The summed E-state index contributed by atoms with van der Waals surface area (Å²) in [7, 11) is 0. The lowest BCUT2D eigenvalue weighted by atomic mass is 10.0. The van der Waals surface area contributed by atoms with Gasteiger partial charge in [0.1, 0.15) is 0 Å². The first kappa shape index (κ1) is 23.4. The molecule has 33 heavy (non-hydrogen) atoms. The molecule has 1 unspecified atom stereocenters. The number of amides is 1. The number of carbonyl (C=O) groups is 1. The largest absolute Gasteiger partial charge is 0.416 e. The molecular weight excluding hydrogens is 446 g/mol. The van der Waals surface area contributed by atoms with E-state index in [0.29, 0.717) is 49.4 Å². The zero-order valence-corrected chi connectivity index (χ0v) is 18.2. The van der Waals surface area contributed by atoms with Crippen LogP contribution in [0.3, 0.4) is 0 Å². The molecule has 1 heterocycles. The van der Waals surface area contributed by atoms with E-state index >= 15 is 0 Å². The number of alkyl halides is 6. The third-order valence-electron chi connectivity index (χ3n) is 6.43. The normalized spacial score (nSPS) is 21.3. The molecule has 1 aliphatic carbocycles. The van der Waals surface area contributed by atoms with Crippen LogP contribution in [0.5, 0.6) is 0 Å². The Hall–Kier alpha value is -2.71. The van der Waals surface area contributed by atoms with Crippen molar-refractivity contribution in [1.82, 2.24) is 4.90 Å². The van der Waals surface area contributed by atoms with Crippen LogP contribution in [0, 0.1) is 19.8 Å². The number of aryl methyl sites for hydroxylation is 2. The molecule has 4 rings (SSSR count). The van der Waals surface area contributed by atoms with Gasteiger partial charge in [-0.1, -0.05) is 17.7 Å². The van der Waals surface area contributed by atoms with Crippen LogP contribution in [0.1, 0.15) is 40.2 Å². The molecule has 0 radical (unpaired) electrons. The number of carbonyl (C=O) groups excluding carboxylic acids is 1. The Balaban J connectivity index is 1.40. The maximum Gasteiger partial charge on any atom is 0.416 e. The molecule has 2 aliphatic rings. The van der Waals surface area contributed by atoms with Crippen LogP contribution in [0.4, 0.5) is 32.0 Å². The number of halogens is 6. The Morgan fingerprint density at radius 1 is 0.848 bits per heavy atom. The summed E-state index contributed by atoms with van der Waals surface area (Å²) in [6.07, 6.45) is -8.36. The first-order chi connectivity index (χ1) is 15.3. The van der Waals surface area contributed by atoms with Crippen molar-refractivity contribution in [2.24, 2.45) is 5.92 Å². The molecular formula is C24H24F6N2O. The molecule has 0 spiro atoms. The number of benzene rings is 2. The quantitative estimate of drug-likeness (QED) is 0.530. The molecule has 2 atom stereocenters. The second kappa shape index (κ2) is 8.25. The van der Waals surface area contributed by atoms with Crippen LogP contribution < -0.4 is 4.90 Å². The summed E-state index contributed by atoms with van der Waals surface area (Å²) in [6.45, 7) is 4.87. The van der Waals surface area contributed by atoms with Crippen LogP contribution in [-0.4, -0.2) is 37.0 Å².